The summed E-state index contributed by atoms with van der Waals surface area (Å²) in [6.07, 6.45) is 0.319. The van der Waals surface area contributed by atoms with Crippen LogP contribution in [0.15, 0.2) is 0 Å². The predicted molar refractivity (Wildman–Crippen MR) is 58.4 cm³/mol. The van der Waals surface area contributed by atoms with E-state index in [1.54, 1.807) is 20.8 Å². The smallest absolute Gasteiger partial charge is 0.306 e. The third-order valence-corrected chi connectivity index (χ3v) is 1.92. The highest BCUT2D eigenvalue weighted by Crippen LogP contribution is 2.17. The van der Waals surface area contributed by atoms with Crippen LogP contribution in [0.2, 0.25) is 0 Å². The summed E-state index contributed by atoms with van der Waals surface area (Å²) >= 11 is 0. The molecule has 16 heavy (non-hydrogen) atoms. The topological polar surface area (TPSA) is 66.4 Å². The van der Waals surface area contributed by atoms with Crippen molar-refractivity contribution < 1.29 is 19.4 Å². The number of ether oxygens (including phenoxy) is 1. The second kappa shape index (κ2) is 5.87. The average molecular weight is 229 g/mol. The summed E-state index contributed by atoms with van der Waals surface area (Å²) in [7, 11) is 0. The third-order valence-electron chi connectivity index (χ3n) is 1.92. The number of rotatable bonds is 5. The SMILES string of the molecule is CC(C)C[C@H](CC(=O)OC(C)(C)C)C(=O)[O-]. The van der Waals surface area contributed by atoms with Gasteiger partial charge in [-0.2, -0.15) is 0 Å². The van der Waals surface area contributed by atoms with E-state index in [2.05, 4.69) is 0 Å². The van der Waals surface area contributed by atoms with Gasteiger partial charge in [0.15, 0.2) is 0 Å². The van der Waals surface area contributed by atoms with Crippen molar-refractivity contribution >= 4 is 11.9 Å². The van der Waals surface area contributed by atoms with Gasteiger partial charge in [0, 0.05) is 11.9 Å². The standard InChI is InChI=1S/C12H22O4/c1-8(2)6-9(11(14)15)7-10(13)16-12(3,4)5/h8-9H,6-7H2,1-5H3,(H,14,15)/p-1/t9-/m1/s1. The van der Waals surface area contributed by atoms with Crippen molar-refractivity contribution in [1.29, 1.82) is 0 Å². The minimum absolute atomic E-state index is 0.113. The number of carbonyl (C=O) groups excluding carboxylic acids is 2. The van der Waals surface area contributed by atoms with Crippen LogP contribution in [-0.2, 0) is 14.3 Å². The molecular weight excluding hydrogens is 208 g/mol. The van der Waals surface area contributed by atoms with Crippen LogP contribution >= 0.6 is 0 Å². The van der Waals surface area contributed by atoms with Gasteiger partial charge in [-0.3, -0.25) is 4.79 Å². The molecule has 0 N–H and O–H groups in total. The molecule has 4 nitrogen and oxygen atoms in total. The lowest BCUT2D eigenvalue weighted by atomic mass is 9.94. The van der Waals surface area contributed by atoms with Gasteiger partial charge in [-0.1, -0.05) is 13.8 Å². The largest absolute Gasteiger partial charge is 0.550 e. The molecule has 0 heterocycles. The van der Waals surface area contributed by atoms with Gasteiger partial charge in [-0.15, -0.1) is 0 Å². The van der Waals surface area contributed by atoms with Gasteiger partial charge >= 0.3 is 5.97 Å². The fourth-order valence-electron chi connectivity index (χ4n) is 1.42. The highest BCUT2D eigenvalue weighted by molar-refractivity contribution is 5.77. The Morgan fingerprint density at radius 2 is 1.75 bits per heavy atom. The Bertz CT molecular complexity index is 250. The highest BCUT2D eigenvalue weighted by Gasteiger charge is 2.21. The van der Waals surface area contributed by atoms with Gasteiger partial charge in [-0.25, -0.2) is 0 Å². The van der Waals surface area contributed by atoms with Crippen LogP contribution in [0.5, 0.6) is 0 Å². The van der Waals surface area contributed by atoms with E-state index in [9.17, 15) is 14.7 Å². The summed E-state index contributed by atoms with van der Waals surface area (Å²) in [6, 6.07) is 0. The zero-order chi connectivity index (χ0) is 12.9. The summed E-state index contributed by atoms with van der Waals surface area (Å²) in [5.41, 5.74) is -0.578. The Labute approximate surface area is 97.0 Å². The maximum absolute atomic E-state index is 11.4. The molecule has 0 radical (unpaired) electrons. The molecule has 0 amide bonds. The number of carbonyl (C=O) groups is 2. The molecule has 0 saturated heterocycles. The first-order chi connectivity index (χ1) is 7.11. The van der Waals surface area contributed by atoms with Crippen LogP contribution in [0, 0.1) is 11.8 Å². The fourth-order valence-corrected chi connectivity index (χ4v) is 1.42. The van der Waals surface area contributed by atoms with Gasteiger partial charge in [0.25, 0.3) is 0 Å². The van der Waals surface area contributed by atoms with Crippen molar-refractivity contribution in [2.24, 2.45) is 11.8 Å². The van der Waals surface area contributed by atoms with Crippen LogP contribution in [-0.4, -0.2) is 17.5 Å². The first kappa shape index (κ1) is 14.9. The Kier molecular flexibility index (Phi) is 5.48. The molecule has 94 valence electrons. The number of hydrogen-bond donors (Lipinski definition) is 0. The molecule has 0 aliphatic heterocycles. The van der Waals surface area contributed by atoms with Gasteiger partial charge in [-0.05, 0) is 33.1 Å². The lowest BCUT2D eigenvalue weighted by molar-refractivity contribution is -0.312. The fraction of sp³-hybridized carbons (Fsp3) is 0.833. The molecule has 0 bridgehead atoms. The molecule has 0 spiro atoms. The maximum Gasteiger partial charge on any atom is 0.306 e. The van der Waals surface area contributed by atoms with Crippen LogP contribution < -0.4 is 5.11 Å². The lowest BCUT2D eigenvalue weighted by Crippen LogP contribution is -2.35. The Morgan fingerprint density at radius 3 is 2.06 bits per heavy atom. The van der Waals surface area contributed by atoms with Gasteiger partial charge in [0.2, 0.25) is 0 Å². The zero-order valence-electron chi connectivity index (χ0n) is 10.7. The van der Waals surface area contributed by atoms with E-state index in [1.165, 1.54) is 0 Å². The number of aliphatic carboxylic acids is 1. The van der Waals surface area contributed by atoms with Gasteiger partial charge < -0.3 is 14.6 Å². The molecule has 0 fully saturated rings. The van der Waals surface area contributed by atoms with Crippen LogP contribution in [0.4, 0.5) is 0 Å². The molecule has 0 rings (SSSR count). The van der Waals surface area contributed by atoms with Crippen molar-refractivity contribution in [3.05, 3.63) is 0 Å². The second-order valence-electron chi connectivity index (χ2n) is 5.44. The van der Waals surface area contributed by atoms with E-state index >= 15 is 0 Å². The Balaban J connectivity index is 4.30. The first-order valence-corrected chi connectivity index (χ1v) is 5.54. The zero-order valence-corrected chi connectivity index (χ0v) is 10.7. The summed E-state index contributed by atoms with van der Waals surface area (Å²) < 4.78 is 5.07. The second-order valence-corrected chi connectivity index (χ2v) is 5.44. The summed E-state index contributed by atoms with van der Waals surface area (Å²) in [4.78, 5) is 22.3. The van der Waals surface area contributed by atoms with Gasteiger partial charge in [0.05, 0.1) is 6.42 Å². The van der Waals surface area contributed by atoms with Crippen molar-refractivity contribution in [3.8, 4) is 0 Å². The molecule has 0 saturated carbocycles. The summed E-state index contributed by atoms with van der Waals surface area (Å²) in [5, 5.41) is 10.8. The number of esters is 1. The summed E-state index contributed by atoms with van der Waals surface area (Å²) in [5.74, 6) is -2.21. The molecule has 0 aromatic heterocycles. The average Bonchev–Trinajstić information content (AvgIpc) is 1.97. The van der Waals surface area contributed by atoms with E-state index in [-0.39, 0.29) is 12.3 Å². The van der Waals surface area contributed by atoms with Crippen LogP contribution in [0.1, 0.15) is 47.5 Å². The molecule has 0 unspecified atom stereocenters. The van der Waals surface area contributed by atoms with E-state index in [0.29, 0.717) is 6.42 Å². The minimum atomic E-state index is -1.18. The third kappa shape index (κ3) is 7.26. The molecular formula is C12H21O4-. The minimum Gasteiger partial charge on any atom is -0.550 e. The van der Waals surface area contributed by atoms with Crippen molar-refractivity contribution in [3.63, 3.8) is 0 Å². The Hall–Kier alpha value is -1.06. The normalized spacial score (nSPS) is 13.6. The quantitative estimate of drug-likeness (QED) is 0.663. The highest BCUT2D eigenvalue weighted by atomic mass is 16.6. The predicted octanol–water partition coefficient (Wildman–Crippen LogP) is 1.13. The van der Waals surface area contributed by atoms with Crippen molar-refractivity contribution in [2.45, 2.75) is 53.1 Å². The molecule has 0 aromatic rings. The van der Waals surface area contributed by atoms with Crippen LogP contribution in [0.3, 0.4) is 0 Å². The number of carboxylic acid groups (broad SMARTS) is 1. The molecule has 4 heteroatoms. The lowest BCUT2D eigenvalue weighted by Gasteiger charge is -2.23. The molecule has 1 atom stereocenters. The van der Waals surface area contributed by atoms with Gasteiger partial charge in [0.1, 0.15) is 5.60 Å². The molecule has 0 aliphatic carbocycles. The maximum atomic E-state index is 11.4. The summed E-state index contributed by atoms with van der Waals surface area (Å²) in [6.45, 7) is 9.07. The Morgan fingerprint density at radius 1 is 1.25 bits per heavy atom. The molecule has 0 aliphatic rings. The first-order valence-electron chi connectivity index (χ1n) is 5.54. The van der Waals surface area contributed by atoms with Crippen LogP contribution in [0.25, 0.3) is 0 Å². The monoisotopic (exact) mass is 229 g/mol. The van der Waals surface area contributed by atoms with E-state index < -0.39 is 23.5 Å². The van der Waals surface area contributed by atoms with Crippen molar-refractivity contribution in [2.75, 3.05) is 0 Å². The van der Waals surface area contributed by atoms with E-state index in [4.69, 9.17) is 4.74 Å². The van der Waals surface area contributed by atoms with E-state index in [1.807, 2.05) is 13.8 Å². The van der Waals surface area contributed by atoms with E-state index in [0.717, 1.165) is 0 Å². The molecule has 0 aromatic carbocycles. The van der Waals surface area contributed by atoms with Crippen molar-refractivity contribution in [1.82, 2.24) is 0 Å². The number of hydrogen-bond acceptors (Lipinski definition) is 4. The number of carboxylic acids is 1.